The molecule has 26 heavy (non-hydrogen) atoms. The number of rotatable bonds is 2. The maximum Gasteiger partial charge on any atom is 0.190 e. The molecule has 0 unspecified atom stereocenters. The number of aliphatic hydroxyl groups is 2. The minimum atomic E-state index is -1.60. The van der Waals surface area contributed by atoms with E-state index in [4.69, 9.17) is 0 Å². The Kier molecular flexibility index (Phi) is 3.88. The zero-order valence-corrected chi connectivity index (χ0v) is 15.6. The van der Waals surface area contributed by atoms with Crippen LogP contribution in [0.25, 0.3) is 0 Å². The molecule has 4 rings (SSSR count). The Morgan fingerprint density at radius 1 is 1.19 bits per heavy atom. The molecule has 2 N–H and O–H groups in total. The van der Waals surface area contributed by atoms with Crippen LogP contribution in [0.2, 0.25) is 0 Å². The van der Waals surface area contributed by atoms with Crippen molar-refractivity contribution in [2.24, 2.45) is 28.6 Å². The van der Waals surface area contributed by atoms with E-state index < -0.39 is 23.4 Å². The minimum Gasteiger partial charge on any atom is -0.388 e. The SMILES string of the molecule is C[C@@]12CCC(=O)C=C1CC[C@@H]1[C@H]3CC[C@](O)(C(=O)CO)[C@]3(C)CC(=O)[C@@H]12. The normalized spacial score (nSPS) is 47.7. The van der Waals surface area contributed by atoms with E-state index in [1.807, 2.05) is 6.92 Å². The van der Waals surface area contributed by atoms with Crippen LogP contribution in [-0.2, 0) is 14.4 Å². The largest absolute Gasteiger partial charge is 0.388 e. The lowest BCUT2D eigenvalue weighted by Crippen LogP contribution is -2.60. The highest BCUT2D eigenvalue weighted by Gasteiger charge is 2.68. The summed E-state index contributed by atoms with van der Waals surface area (Å²) < 4.78 is 0. The first kappa shape index (κ1) is 18.1. The van der Waals surface area contributed by atoms with Gasteiger partial charge in [0.2, 0.25) is 0 Å². The summed E-state index contributed by atoms with van der Waals surface area (Å²) in [6, 6.07) is 0. The van der Waals surface area contributed by atoms with Crippen molar-refractivity contribution in [1.29, 1.82) is 0 Å². The summed E-state index contributed by atoms with van der Waals surface area (Å²) in [6.45, 7) is 3.31. The Bertz CT molecular complexity index is 724. The van der Waals surface area contributed by atoms with Crippen molar-refractivity contribution in [2.75, 3.05) is 6.61 Å². The van der Waals surface area contributed by atoms with Crippen LogP contribution in [0, 0.1) is 28.6 Å². The van der Waals surface area contributed by atoms with Crippen LogP contribution in [0.1, 0.15) is 58.8 Å². The van der Waals surface area contributed by atoms with Gasteiger partial charge in [0.25, 0.3) is 0 Å². The summed E-state index contributed by atoms with van der Waals surface area (Å²) in [6.07, 6.45) is 5.83. The van der Waals surface area contributed by atoms with Crippen LogP contribution in [0.15, 0.2) is 11.6 Å². The van der Waals surface area contributed by atoms with Gasteiger partial charge in [-0.3, -0.25) is 14.4 Å². The van der Waals surface area contributed by atoms with E-state index in [9.17, 15) is 24.6 Å². The number of carbonyl (C=O) groups excluding carboxylic acids is 3. The number of hydrogen-bond acceptors (Lipinski definition) is 5. The molecule has 5 nitrogen and oxygen atoms in total. The smallest absolute Gasteiger partial charge is 0.190 e. The van der Waals surface area contributed by atoms with Gasteiger partial charge in [-0.25, -0.2) is 0 Å². The zero-order chi connectivity index (χ0) is 18.9. The quantitative estimate of drug-likeness (QED) is 0.786. The van der Waals surface area contributed by atoms with E-state index in [0.29, 0.717) is 25.7 Å². The number of hydrogen-bond donors (Lipinski definition) is 2. The van der Waals surface area contributed by atoms with Crippen molar-refractivity contribution in [1.82, 2.24) is 0 Å². The van der Waals surface area contributed by atoms with Gasteiger partial charge in [-0.2, -0.15) is 0 Å². The monoisotopic (exact) mass is 360 g/mol. The summed E-state index contributed by atoms with van der Waals surface area (Å²) in [5.74, 6) is -0.172. The maximum atomic E-state index is 13.3. The molecule has 0 spiro atoms. The summed E-state index contributed by atoms with van der Waals surface area (Å²) in [4.78, 5) is 37.5. The van der Waals surface area contributed by atoms with Crippen molar-refractivity contribution < 1.29 is 24.6 Å². The van der Waals surface area contributed by atoms with Gasteiger partial charge >= 0.3 is 0 Å². The number of carbonyl (C=O) groups is 3. The summed E-state index contributed by atoms with van der Waals surface area (Å²) in [5, 5.41) is 20.5. The second-order valence-corrected chi connectivity index (χ2v) is 9.38. The van der Waals surface area contributed by atoms with Gasteiger partial charge in [0.15, 0.2) is 11.6 Å². The molecule has 0 aliphatic heterocycles. The number of aliphatic hydroxyl groups excluding tert-OH is 1. The molecule has 3 fully saturated rings. The van der Waals surface area contributed by atoms with Crippen LogP contribution in [-0.4, -0.2) is 39.8 Å². The van der Waals surface area contributed by atoms with Crippen molar-refractivity contribution in [3.8, 4) is 0 Å². The van der Waals surface area contributed by atoms with Gasteiger partial charge in [0.05, 0.1) is 0 Å². The predicted octanol–water partition coefficient (Wildman–Crippen LogP) is 1.99. The molecular weight excluding hydrogens is 332 g/mol. The topological polar surface area (TPSA) is 91.7 Å². The van der Waals surface area contributed by atoms with Crippen molar-refractivity contribution in [3.63, 3.8) is 0 Å². The molecule has 0 radical (unpaired) electrons. The molecule has 0 aromatic rings. The second-order valence-electron chi connectivity index (χ2n) is 9.38. The van der Waals surface area contributed by atoms with Gasteiger partial charge in [0, 0.05) is 24.2 Å². The number of Topliss-reactive ketones (excluding diaryl/α,β-unsaturated/α-hetero) is 2. The van der Waals surface area contributed by atoms with Gasteiger partial charge in [-0.1, -0.05) is 19.4 Å². The highest BCUT2D eigenvalue weighted by molar-refractivity contribution is 5.94. The molecule has 0 aromatic carbocycles. The first-order chi connectivity index (χ1) is 12.2. The molecule has 0 heterocycles. The molecule has 0 amide bonds. The van der Waals surface area contributed by atoms with Crippen LogP contribution in [0.3, 0.4) is 0 Å². The fraction of sp³-hybridized carbons (Fsp3) is 0.762. The molecule has 0 saturated heterocycles. The molecule has 0 aromatic heterocycles. The third-order valence-corrected chi connectivity index (χ3v) is 8.41. The molecular formula is C21H28O5. The van der Waals surface area contributed by atoms with E-state index in [1.165, 1.54) is 0 Å². The summed E-state index contributed by atoms with van der Waals surface area (Å²) in [5.41, 5.74) is -1.55. The van der Waals surface area contributed by atoms with E-state index in [-0.39, 0.29) is 41.2 Å². The molecule has 5 heteroatoms. The first-order valence-electron chi connectivity index (χ1n) is 9.80. The number of allylic oxidation sites excluding steroid dienone is 1. The van der Waals surface area contributed by atoms with Gasteiger partial charge in [-0.05, 0) is 55.4 Å². The van der Waals surface area contributed by atoms with Gasteiger partial charge in [-0.15, -0.1) is 0 Å². The van der Waals surface area contributed by atoms with Gasteiger partial charge < -0.3 is 10.2 Å². The third-order valence-electron chi connectivity index (χ3n) is 8.41. The highest BCUT2D eigenvalue weighted by Crippen LogP contribution is 2.66. The Balaban J connectivity index is 1.75. The number of fused-ring (bicyclic) bond motifs is 5. The molecule has 142 valence electrons. The Morgan fingerprint density at radius 3 is 2.62 bits per heavy atom. The Hall–Kier alpha value is -1.33. The fourth-order valence-electron chi connectivity index (χ4n) is 6.98. The lowest BCUT2D eigenvalue weighted by atomic mass is 9.46. The Labute approximate surface area is 153 Å². The van der Waals surface area contributed by atoms with Crippen LogP contribution >= 0.6 is 0 Å². The average molecular weight is 360 g/mol. The first-order valence-corrected chi connectivity index (χ1v) is 9.80. The minimum absolute atomic E-state index is 0.0988. The van der Waals surface area contributed by atoms with Crippen LogP contribution in [0.4, 0.5) is 0 Å². The van der Waals surface area contributed by atoms with E-state index in [0.717, 1.165) is 18.4 Å². The van der Waals surface area contributed by atoms with Crippen LogP contribution < -0.4 is 0 Å². The molecule has 4 aliphatic rings. The van der Waals surface area contributed by atoms with Crippen molar-refractivity contribution in [2.45, 2.75) is 64.4 Å². The average Bonchev–Trinajstić information content (AvgIpc) is 2.86. The van der Waals surface area contributed by atoms with E-state index in [1.54, 1.807) is 6.08 Å². The van der Waals surface area contributed by atoms with Crippen LogP contribution in [0.5, 0.6) is 0 Å². The molecule has 0 bridgehead atoms. The predicted molar refractivity (Wildman–Crippen MR) is 94.1 cm³/mol. The van der Waals surface area contributed by atoms with E-state index >= 15 is 0 Å². The third kappa shape index (κ3) is 2.07. The summed E-state index contributed by atoms with van der Waals surface area (Å²) in [7, 11) is 0. The Morgan fingerprint density at radius 2 is 1.92 bits per heavy atom. The zero-order valence-electron chi connectivity index (χ0n) is 15.6. The molecule has 4 aliphatic carbocycles. The van der Waals surface area contributed by atoms with Gasteiger partial charge in [0.1, 0.15) is 18.0 Å². The van der Waals surface area contributed by atoms with E-state index in [2.05, 4.69) is 6.92 Å². The standard InChI is InChI=1S/C21H28O5/c1-19-7-5-13(23)9-12(19)3-4-14-15-6-8-21(26,17(25)11-22)20(15,2)10-16(24)18(14)19/h9,14-15,18,22,26H,3-8,10-11H2,1-2H3/t14-,15-,18-,19-,20-,21+/m1/s1. The maximum absolute atomic E-state index is 13.3. The lowest BCUT2D eigenvalue weighted by molar-refractivity contribution is -0.170. The lowest BCUT2D eigenvalue weighted by Gasteiger charge is -2.57. The molecule has 3 saturated carbocycles. The summed E-state index contributed by atoms with van der Waals surface area (Å²) >= 11 is 0. The van der Waals surface area contributed by atoms with Crippen molar-refractivity contribution in [3.05, 3.63) is 11.6 Å². The molecule has 6 atom stereocenters. The highest BCUT2D eigenvalue weighted by atomic mass is 16.3. The second kappa shape index (κ2) is 5.59. The van der Waals surface area contributed by atoms with Crippen molar-refractivity contribution >= 4 is 17.3 Å². The fourth-order valence-corrected chi connectivity index (χ4v) is 6.98. The number of ketones is 3.